The Labute approximate surface area is 104 Å². The number of aliphatic hydroxyl groups excluding tert-OH is 1. The first-order valence-electron chi connectivity index (χ1n) is 6.04. The Kier molecular flexibility index (Phi) is 4.97. The normalized spacial score (nSPS) is 14.5. The van der Waals surface area contributed by atoms with Crippen LogP contribution < -0.4 is 10.5 Å². The smallest absolute Gasteiger partial charge is 0.122 e. The van der Waals surface area contributed by atoms with Crippen LogP contribution in [0.15, 0.2) is 12.1 Å². The molecule has 1 aromatic rings. The molecule has 2 unspecified atom stereocenters. The molecule has 17 heavy (non-hydrogen) atoms. The van der Waals surface area contributed by atoms with E-state index in [9.17, 15) is 5.11 Å². The van der Waals surface area contributed by atoms with Crippen LogP contribution >= 0.6 is 0 Å². The zero-order valence-corrected chi connectivity index (χ0v) is 11.2. The molecule has 0 saturated carbocycles. The van der Waals surface area contributed by atoms with Crippen LogP contribution in [-0.2, 0) is 6.42 Å². The lowest BCUT2D eigenvalue weighted by Gasteiger charge is -2.16. The second-order valence-corrected chi connectivity index (χ2v) is 4.64. The molecule has 3 nitrogen and oxygen atoms in total. The molecule has 0 bridgehead atoms. The van der Waals surface area contributed by atoms with Gasteiger partial charge in [0.05, 0.1) is 13.2 Å². The summed E-state index contributed by atoms with van der Waals surface area (Å²) >= 11 is 0. The highest BCUT2D eigenvalue weighted by Gasteiger charge is 2.12. The molecule has 0 aromatic heterocycles. The maximum atomic E-state index is 9.70. The first-order chi connectivity index (χ1) is 7.97. The maximum Gasteiger partial charge on any atom is 0.122 e. The highest BCUT2D eigenvalue weighted by Crippen LogP contribution is 2.24. The van der Waals surface area contributed by atoms with E-state index < -0.39 is 6.10 Å². The van der Waals surface area contributed by atoms with Gasteiger partial charge in [-0.05, 0) is 56.4 Å². The molecule has 0 aliphatic heterocycles. The first kappa shape index (κ1) is 14.0. The lowest BCUT2D eigenvalue weighted by molar-refractivity contribution is 0.141. The summed E-state index contributed by atoms with van der Waals surface area (Å²) in [6.07, 6.45) is 1.11. The van der Waals surface area contributed by atoms with E-state index in [1.165, 1.54) is 16.7 Å². The molecular weight excluding hydrogens is 214 g/mol. The van der Waals surface area contributed by atoms with Crippen molar-refractivity contribution in [3.8, 4) is 5.75 Å². The fourth-order valence-electron chi connectivity index (χ4n) is 1.91. The number of methoxy groups -OCH3 is 1. The molecule has 0 spiro atoms. The number of hydrogen-bond donors (Lipinski definition) is 2. The number of benzene rings is 1. The Hall–Kier alpha value is -1.06. The van der Waals surface area contributed by atoms with Crippen LogP contribution in [0.25, 0.3) is 0 Å². The van der Waals surface area contributed by atoms with E-state index in [0.29, 0.717) is 6.42 Å². The minimum atomic E-state index is -0.434. The molecule has 1 aromatic carbocycles. The first-order valence-corrected chi connectivity index (χ1v) is 6.04. The van der Waals surface area contributed by atoms with Gasteiger partial charge in [0.25, 0.3) is 0 Å². The summed E-state index contributed by atoms with van der Waals surface area (Å²) in [5, 5.41) is 9.70. The van der Waals surface area contributed by atoms with Crippen molar-refractivity contribution in [2.24, 2.45) is 5.73 Å². The summed E-state index contributed by atoms with van der Waals surface area (Å²) in [7, 11) is 1.68. The Bertz CT molecular complexity index is 375. The molecule has 1 rings (SSSR count). The number of aryl methyl sites for hydroxylation is 1. The highest BCUT2D eigenvalue weighted by molar-refractivity contribution is 5.43. The Morgan fingerprint density at radius 1 is 1.29 bits per heavy atom. The predicted octanol–water partition coefficient (Wildman–Crippen LogP) is 1.95. The molecule has 0 radical (unpaired) electrons. The van der Waals surface area contributed by atoms with Gasteiger partial charge in [-0.25, -0.2) is 0 Å². The molecule has 3 heteroatoms. The number of aliphatic hydroxyl groups is 1. The van der Waals surface area contributed by atoms with Crippen LogP contribution in [-0.4, -0.2) is 24.4 Å². The van der Waals surface area contributed by atoms with E-state index in [4.69, 9.17) is 10.5 Å². The zero-order chi connectivity index (χ0) is 13.0. The number of hydrogen-bond acceptors (Lipinski definition) is 3. The molecule has 3 N–H and O–H groups in total. The molecule has 96 valence electrons. The van der Waals surface area contributed by atoms with Gasteiger partial charge in [0.15, 0.2) is 0 Å². The Morgan fingerprint density at radius 2 is 1.94 bits per heavy atom. The van der Waals surface area contributed by atoms with E-state index >= 15 is 0 Å². The summed E-state index contributed by atoms with van der Waals surface area (Å²) in [4.78, 5) is 0. The summed E-state index contributed by atoms with van der Waals surface area (Å²) in [6.45, 7) is 5.97. The summed E-state index contributed by atoms with van der Waals surface area (Å²) in [6, 6.07) is 3.88. The molecule has 0 aliphatic rings. The van der Waals surface area contributed by atoms with Crippen molar-refractivity contribution in [2.75, 3.05) is 7.11 Å². The molecule has 2 atom stereocenters. The molecule has 0 amide bonds. The van der Waals surface area contributed by atoms with Crippen molar-refractivity contribution in [3.63, 3.8) is 0 Å². The average Bonchev–Trinajstić information content (AvgIpc) is 2.30. The van der Waals surface area contributed by atoms with Crippen LogP contribution in [0, 0.1) is 13.8 Å². The lowest BCUT2D eigenvalue weighted by Crippen LogP contribution is -2.31. The zero-order valence-electron chi connectivity index (χ0n) is 11.2. The Morgan fingerprint density at radius 3 is 2.47 bits per heavy atom. The highest BCUT2D eigenvalue weighted by atomic mass is 16.5. The van der Waals surface area contributed by atoms with Gasteiger partial charge in [-0.2, -0.15) is 0 Å². The van der Waals surface area contributed by atoms with Crippen LogP contribution in [0.2, 0.25) is 0 Å². The van der Waals surface area contributed by atoms with Gasteiger partial charge >= 0.3 is 0 Å². The monoisotopic (exact) mass is 237 g/mol. The lowest BCUT2D eigenvalue weighted by atomic mass is 9.96. The van der Waals surface area contributed by atoms with Gasteiger partial charge in [-0.3, -0.25) is 0 Å². The van der Waals surface area contributed by atoms with Crippen molar-refractivity contribution in [3.05, 3.63) is 28.8 Å². The number of nitrogens with two attached hydrogens (primary N) is 1. The van der Waals surface area contributed by atoms with E-state index in [1.807, 2.05) is 13.0 Å². The van der Waals surface area contributed by atoms with E-state index in [-0.39, 0.29) is 6.04 Å². The third kappa shape index (κ3) is 3.45. The van der Waals surface area contributed by atoms with Crippen molar-refractivity contribution in [1.82, 2.24) is 0 Å². The van der Waals surface area contributed by atoms with Gasteiger partial charge in [-0.15, -0.1) is 0 Å². The van der Waals surface area contributed by atoms with Gasteiger partial charge in [0.1, 0.15) is 5.75 Å². The van der Waals surface area contributed by atoms with Crippen molar-refractivity contribution in [2.45, 2.75) is 45.8 Å². The van der Waals surface area contributed by atoms with E-state index in [2.05, 4.69) is 19.9 Å². The molecule has 0 saturated heterocycles. The summed E-state index contributed by atoms with van der Waals surface area (Å²) < 4.78 is 5.28. The van der Waals surface area contributed by atoms with Crippen molar-refractivity contribution >= 4 is 0 Å². The Balaban J connectivity index is 2.76. The van der Waals surface area contributed by atoms with Gasteiger partial charge in [0, 0.05) is 6.04 Å². The second kappa shape index (κ2) is 6.03. The van der Waals surface area contributed by atoms with E-state index in [1.54, 1.807) is 7.11 Å². The van der Waals surface area contributed by atoms with Crippen LogP contribution in [0.5, 0.6) is 5.75 Å². The van der Waals surface area contributed by atoms with Crippen LogP contribution in [0.3, 0.4) is 0 Å². The van der Waals surface area contributed by atoms with Crippen molar-refractivity contribution < 1.29 is 9.84 Å². The summed E-state index contributed by atoms with van der Waals surface area (Å²) in [5.41, 5.74) is 9.30. The van der Waals surface area contributed by atoms with Crippen LogP contribution in [0.4, 0.5) is 0 Å². The SMILES string of the molecule is COc1ccc(CCC(O)C(C)N)c(C)c1C. The van der Waals surface area contributed by atoms with Crippen LogP contribution in [0.1, 0.15) is 30.0 Å². The van der Waals surface area contributed by atoms with Gasteiger partial charge < -0.3 is 15.6 Å². The third-order valence-electron chi connectivity index (χ3n) is 3.39. The molecule has 0 heterocycles. The van der Waals surface area contributed by atoms with E-state index in [0.717, 1.165) is 12.2 Å². The minimum absolute atomic E-state index is 0.172. The fraction of sp³-hybridized carbons (Fsp3) is 0.571. The number of ether oxygens (including phenoxy) is 1. The third-order valence-corrected chi connectivity index (χ3v) is 3.39. The van der Waals surface area contributed by atoms with Gasteiger partial charge in [0.2, 0.25) is 0 Å². The second-order valence-electron chi connectivity index (χ2n) is 4.64. The van der Waals surface area contributed by atoms with Gasteiger partial charge in [-0.1, -0.05) is 6.07 Å². The average molecular weight is 237 g/mol. The summed E-state index contributed by atoms with van der Waals surface area (Å²) in [5.74, 6) is 0.916. The molecular formula is C14H23NO2. The molecule has 0 fully saturated rings. The quantitative estimate of drug-likeness (QED) is 0.823. The minimum Gasteiger partial charge on any atom is -0.496 e. The van der Waals surface area contributed by atoms with Crippen molar-refractivity contribution in [1.29, 1.82) is 0 Å². The number of rotatable bonds is 5. The standard InChI is InChI=1S/C14H23NO2/c1-9-10(2)14(17-4)8-6-12(9)5-7-13(16)11(3)15/h6,8,11,13,16H,5,7,15H2,1-4H3. The fourth-order valence-corrected chi connectivity index (χ4v) is 1.91. The maximum absolute atomic E-state index is 9.70. The largest absolute Gasteiger partial charge is 0.496 e. The molecule has 0 aliphatic carbocycles. The topological polar surface area (TPSA) is 55.5 Å². The predicted molar refractivity (Wildman–Crippen MR) is 70.4 cm³/mol.